The van der Waals surface area contributed by atoms with Crippen molar-refractivity contribution in [3.05, 3.63) is 29.6 Å². The fourth-order valence-electron chi connectivity index (χ4n) is 2.41. The molecule has 2 rings (SSSR count). The van der Waals surface area contributed by atoms with Gasteiger partial charge in [0.2, 0.25) is 10.0 Å². The number of sulfonamides is 1. The molecule has 1 aliphatic rings. The lowest BCUT2D eigenvalue weighted by atomic mass is 9.98. The maximum absolute atomic E-state index is 13.3. The van der Waals surface area contributed by atoms with E-state index < -0.39 is 27.9 Å². The number of aryl methyl sites for hydroxylation is 1. The van der Waals surface area contributed by atoms with E-state index in [1.54, 1.807) is 0 Å². The molecule has 1 aliphatic carbocycles. The Morgan fingerprint density at radius 3 is 2.55 bits per heavy atom. The van der Waals surface area contributed by atoms with Gasteiger partial charge in [0.1, 0.15) is 11.9 Å². The van der Waals surface area contributed by atoms with Gasteiger partial charge in [-0.25, -0.2) is 12.8 Å². The average molecular weight is 329 g/mol. The zero-order valence-corrected chi connectivity index (χ0v) is 13.6. The molecule has 0 aromatic heterocycles. The zero-order chi connectivity index (χ0) is 16.5. The first-order valence-corrected chi connectivity index (χ1v) is 8.61. The van der Waals surface area contributed by atoms with Crippen molar-refractivity contribution in [1.82, 2.24) is 4.72 Å². The molecule has 2 atom stereocenters. The van der Waals surface area contributed by atoms with E-state index in [0.29, 0.717) is 5.92 Å². The van der Waals surface area contributed by atoms with Gasteiger partial charge in [0.15, 0.2) is 0 Å². The first kappa shape index (κ1) is 16.9. The Morgan fingerprint density at radius 2 is 2.05 bits per heavy atom. The van der Waals surface area contributed by atoms with Crippen LogP contribution in [0.3, 0.4) is 0 Å². The van der Waals surface area contributed by atoms with E-state index in [1.165, 1.54) is 26.2 Å². The van der Waals surface area contributed by atoms with Gasteiger partial charge in [0, 0.05) is 0 Å². The summed E-state index contributed by atoms with van der Waals surface area (Å²) in [4.78, 5) is 11.8. The van der Waals surface area contributed by atoms with Crippen LogP contribution in [0.5, 0.6) is 0 Å². The molecule has 122 valence electrons. The second-order valence-corrected chi connectivity index (χ2v) is 7.44. The van der Waals surface area contributed by atoms with E-state index in [0.717, 1.165) is 18.9 Å². The van der Waals surface area contributed by atoms with Crippen molar-refractivity contribution in [2.75, 3.05) is 7.11 Å². The van der Waals surface area contributed by atoms with Gasteiger partial charge in [-0.1, -0.05) is 6.92 Å². The Bertz CT molecular complexity index is 670. The largest absolute Gasteiger partial charge is 0.468 e. The minimum absolute atomic E-state index is 0.0664. The molecule has 1 N–H and O–H groups in total. The number of nitrogens with one attached hydrogen (secondary N) is 1. The number of carbonyl (C=O) groups excluding carboxylic acids is 1. The van der Waals surface area contributed by atoms with E-state index in [9.17, 15) is 17.6 Å². The molecule has 5 nitrogen and oxygen atoms in total. The van der Waals surface area contributed by atoms with Crippen LogP contribution in [-0.2, 0) is 19.6 Å². The van der Waals surface area contributed by atoms with Crippen molar-refractivity contribution in [2.45, 2.75) is 37.6 Å². The molecule has 0 spiro atoms. The predicted octanol–water partition coefficient (Wildman–Crippen LogP) is 2.00. The Morgan fingerprint density at radius 1 is 1.41 bits per heavy atom. The lowest BCUT2D eigenvalue weighted by Gasteiger charge is -2.22. The lowest BCUT2D eigenvalue weighted by molar-refractivity contribution is -0.144. The van der Waals surface area contributed by atoms with Gasteiger partial charge in [-0.2, -0.15) is 4.72 Å². The average Bonchev–Trinajstić information content (AvgIpc) is 3.30. The van der Waals surface area contributed by atoms with Crippen LogP contribution >= 0.6 is 0 Å². The van der Waals surface area contributed by atoms with Gasteiger partial charge in [0.25, 0.3) is 0 Å². The predicted molar refractivity (Wildman–Crippen MR) is 79.2 cm³/mol. The molecule has 1 aromatic carbocycles. The molecular formula is C15H20FNO4S. The highest BCUT2D eigenvalue weighted by atomic mass is 32.2. The monoisotopic (exact) mass is 329 g/mol. The second kappa shape index (κ2) is 6.34. The first-order chi connectivity index (χ1) is 10.3. The highest BCUT2D eigenvalue weighted by molar-refractivity contribution is 7.89. The summed E-state index contributed by atoms with van der Waals surface area (Å²) in [6.07, 6.45) is 1.96. The summed E-state index contributed by atoms with van der Waals surface area (Å²) in [5.74, 6) is -0.915. The molecule has 22 heavy (non-hydrogen) atoms. The number of hydrogen-bond acceptors (Lipinski definition) is 4. The summed E-state index contributed by atoms with van der Waals surface area (Å²) in [6, 6.07) is 2.59. The van der Waals surface area contributed by atoms with E-state index >= 15 is 0 Å². The van der Waals surface area contributed by atoms with E-state index in [-0.39, 0.29) is 16.4 Å². The molecule has 0 radical (unpaired) electrons. The van der Waals surface area contributed by atoms with Gasteiger partial charge in [0.05, 0.1) is 12.0 Å². The van der Waals surface area contributed by atoms with Gasteiger partial charge in [-0.3, -0.25) is 4.79 Å². The lowest BCUT2D eigenvalue weighted by Crippen LogP contribution is -2.46. The Kier molecular flexibility index (Phi) is 4.87. The van der Waals surface area contributed by atoms with Crippen molar-refractivity contribution in [3.63, 3.8) is 0 Å². The molecule has 1 aromatic rings. The fraction of sp³-hybridized carbons (Fsp3) is 0.533. The van der Waals surface area contributed by atoms with Gasteiger partial charge >= 0.3 is 5.97 Å². The van der Waals surface area contributed by atoms with Crippen molar-refractivity contribution in [2.24, 2.45) is 11.8 Å². The SMILES string of the molecule is COC(=O)[C@H](NS(=O)(=O)c1ccc(F)c(C)c1)[C@@H](C)C1CC1. The smallest absolute Gasteiger partial charge is 0.324 e. The molecular weight excluding hydrogens is 309 g/mol. The molecule has 0 heterocycles. The van der Waals surface area contributed by atoms with Crippen LogP contribution < -0.4 is 4.72 Å². The number of methoxy groups -OCH3 is 1. The third kappa shape index (κ3) is 3.64. The Balaban J connectivity index is 2.26. The number of esters is 1. The maximum atomic E-state index is 13.3. The molecule has 1 fully saturated rings. The fourth-order valence-corrected chi connectivity index (χ4v) is 3.77. The Hall–Kier alpha value is -1.47. The highest BCUT2D eigenvalue weighted by Crippen LogP contribution is 2.38. The van der Waals surface area contributed by atoms with Crippen LogP contribution in [0.4, 0.5) is 4.39 Å². The van der Waals surface area contributed by atoms with Crippen molar-refractivity contribution >= 4 is 16.0 Å². The normalized spacial score (nSPS) is 17.8. The van der Waals surface area contributed by atoms with Gasteiger partial charge in [-0.15, -0.1) is 0 Å². The summed E-state index contributed by atoms with van der Waals surface area (Å²) >= 11 is 0. The molecule has 0 aliphatic heterocycles. The van der Waals surface area contributed by atoms with Crippen LogP contribution in [-0.4, -0.2) is 27.5 Å². The number of halogens is 1. The number of hydrogen-bond donors (Lipinski definition) is 1. The van der Waals surface area contributed by atoms with Crippen molar-refractivity contribution in [3.8, 4) is 0 Å². The minimum atomic E-state index is -3.92. The number of ether oxygens (including phenoxy) is 1. The summed E-state index contributed by atoms with van der Waals surface area (Å²) in [5.41, 5.74) is 0.229. The summed E-state index contributed by atoms with van der Waals surface area (Å²) < 4.78 is 45.3. The molecule has 0 bridgehead atoms. The van der Waals surface area contributed by atoms with Crippen LogP contribution in [0.15, 0.2) is 23.1 Å². The minimum Gasteiger partial charge on any atom is -0.468 e. The topological polar surface area (TPSA) is 72.5 Å². The third-order valence-corrected chi connectivity index (χ3v) is 5.51. The van der Waals surface area contributed by atoms with Crippen molar-refractivity contribution in [1.29, 1.82) is 0 Å². The van der Waals surface area contributed by atoms with Crippen LogP contribution in [0.1, 0.15) is 25.3 Å². The highest BCUT2D eigenvalue weighted by Gasteiger charge is 2.39. The zero-order valence-electron chi connectivity index (χ0n) is 12.8. The number of rotatable bonds is 6. The van der Waals surface area contributed by atoms with Gasteiger partial charge < -0.3 is 4.74 Å². The Labute approximate surface area is 129 Å². The third-order valence-electron chi connectivity index (χ3n) is 4.07. The quantitative estimate of drug-likeness (QED) is 0.810. The summed E-state index contributed by atoms with van der Waals surface area (Å²) in [7, 11) is -2.69. The van der Waals surface area contributed by atoms with Crippen molar-refractivity contribution < 1.29 is 22.3 Å². The van der Waals surface area contributed by atoms with Crippen LogP contribution in [0.25, 0.3) is 0 Å². The van der Waals surface area contributed by atoms with E-state index in [2.05, 4.69) is 4.72 Å². The van der Waals surface area contributed by atoms with Gasteiger partial charge in [-0.05, 0) is 55.4 Å². The summed E-state index contributed by atoms with van der Waals surface area (Å²) in [5, 5.41) is 0. The standard InChI is InChI=1S/C15H20FNO4S/c1-9-8-12(6-7-13(9)16)22(19,20)17-14(15(18)21-3)10(2)11-4-5-11/h6-8,10-11,14,17H,4-5H2,1-3H3/t10-,14+/m0/s1. The number of benzene rings is 1. The maximum Gasteiger partial charge on any atom is 0.324 e. The molecule has 0 saturated heterocycles. The number of carbonyl (C=O) groups is 1. The molecule has 7 heteroatoms. The molecule has 1 saturated carbocycles. The second-order valence-electron chi connectivity index (χ2n) is 5.73. The van der Waals surface area contributed by atoms with E-state index in [1.807, 2.05) is 6.92 Å². The first-order valence-electron chi connectivity index (χ1n) is 7.12. The van der Waals surface area contributed by atoms with Crippen LogP contribution in [0.2, 0.25) is 0 Å². The summed E-state index contributed by atoms with van der Waals surface area (Å²) in [6.45, 7) is 3.32. The van der Waals surface area contributed by atoms with E-state index in [4.69, 9.17) is 4.74 Å². The molecule has 0 unspecified atom stereocenters. The molecule has 0 amide bonds. The van der Waals surface area contributed by atoms with Crippen LogP contribution in [0, 0.1) is 24.6 Å².